The highest BCUT2D eigenvalue weighted by atomic mass is 19.1. The van der Waals surface area contributed by atoms with Crippen molar-refractivity contribution in [3.05, 3.63) is 59.2 Å². The summed E-state index contributed by atoms with van der Waals surface area (Å²) in [6.07, 6.45) is -0.146. The molecule has 0 bridgehead atoms. The third kappa shape index (κ3) is 2.70. The van der Waals surface area contributed by atoms with E-state index in [0.29, 0.717) is 17.0 Å². The maximum atomic E-state index is 12.8. The van der Waals surface area contributed by atoms with E-state index >= 15 is 0 Å². The molecule has 2 rings (SSSR count). The molecule has 0 radical (unpaired) electrons. The number of carboxylic acids is 1. The Balaban J connectivity index is 2.32. The number of hydrogen-bond acceptors (Lipinski definition) is 2. The molecule has 0 fully saturated rings. The third-order valence-electron chi connectivity index (χ3n) is 2.90. The van der Waals surface area contributed by atoms with Crippen molar-refractivity contribution in [3.8, 4) is 0 Å². The van der Waals surface area contributed by atoms with Crippen molar-refractivity contribution in [2.75, 3.05) is 0 Å². The van der Waals surface area contributed by atoms with Gasteiger partial charge >= 0.3 is 5.97 Å². The van der Waals surface area contributed by atoms with Gasteiger partial charge in [0.05, 0.1) is 12.1 Å². The summed E-state index contributed by atoms with van der Waals surface area (Å²) < 4.78 is 14.3. The van der Waals surface area contributed by atoms with E-state index in [1.54, 1.807) is 23.7 Å². The molecule has 0 atom stereocenters. The first-order valence-electron chi connectivity index (χ1n) is 5.65. The number of halogens is 1. The molecule has 1 N–H and O–H groups in total. The molecule has 19 heavy (non-hydrogen) atoms. The first-order valence-corrected chi connectivity index (χ1v) is 5.65. The molecular formula is C14H12FNO3. The molecule has 0 unspecified atom stereocenters. The highest BCUT2D eigenvalue weighted by Gasteiger charge is 2.15. The molecule has 4 nitrogen and oxygen atoms in total. The fourth-order valence-corrected chi connectivity index (χ4v) is 1.86. The third-order valence-corrected chi connectivity index (χ3v) is 2.90. The standard InChI is InChI=1S/C14H12FNO3/c1-16-11(8-13(17)18)6-7-12(16)14(19)9-2-4-10(15)5-3-9/h2-7H,8H2,1H3,(H,17,18). The molecule has 0 amide bonds. The number of carboxylic acid groups (broad SMARTS) is 1. The lowest BCUT2D eigenvalue weighted by atomic mass is 10.1. The van der Waals surface area contributed by atoms with Crippen molar-refractivity contribution in [2.45, 2.75) is 6.42 Å². The Bertz CT molecular complexity index is 629. The van der Waals surface area contributed by atoms with E-state index in [9.17, 15) is 14.0 Å². The van der Waals surface area contributed by atoms with Crippen LogP contribution in [-0.2, 0) is 18.3 Å². The van der Waals surface area contributed by atoms with Crippen molar-refractivity contribution in [1.29, 1.82) is 0 Å². The molecular weight excluding hydrogens is 249 g/mol. The number of carbonyl (C=O) groups is 2. The van der Waals surface area contributed by atoms with Gasteiger partial charge in [0, 0.05) is 18.3 Å². The van der Waals surface area contributed by atoms with Crippen LogP contribution in [-0.4, -0.2) is 21.4 Å². The molecule has 0 aliphatic rings. The Morgan fingerprint density at radius 3 is 2.37 bits per heavy atom. The Hall–Kier alpha value is -2.43. The van der Waals surface area contributed by atoms with Crippen LogP contribution in [0.4, 0.5) is 4.39 Å². The number of rotatable bonds is 4. The monoisotopic (exact) mass is 261 g/mol. The van der Waals surface area contributed by atoms with Gasteiger partial charge in [0.2, 0.25) is 5.78 Å². The Morgan fingerprint density at radius 1 is 1.16 bits per heavy atom. The first-order chi connectivity index (χ1) is 8.99. The van der Waals surface area contributed by atoms with E-state index in [4.69, 9.17) is 5.11 Å². The summed E-state index contributed by atoms with van der Waals surface area (Å²) in [7, 11) is 1.63. The second-order valence-electron chi connectivity index (χ2n) is 4.18. The Kier molecular flexibility index (Phi) is 3.46. The second-order valence-corrected chi connectivity index (χ2v) is 4.18. The van der Waals surface area contributed by atoms with Gasteiger partial charge in [-0.05, 0) is 36.4 Å². The lowest BCUT2D eigenvalue weighted by molar-refractivity contribution is -0.136. The maximum absolute atomic E-state index is 12.8. The summed E-state index contributed by atoms with van der Waals surface area (Å²) in [5.41, 5.74) is 1.28. The maximum Gasteiger partial charge on any atom is 0.309 e. The lowest BCUT2D eigenvalue weighted by Crippen LogP contribution is -2.11. The number of ketones is 1. The number of hydrogen-bond donors (Lipinski definition) is 1. The normalized spacial score (nSPS) is 10.4. The molecule has 98 valence electrons. The van der Waals surface area contributed by atoms with Crippen LogP contribution >= 0.6 is 0 Å². The number of aromatic nitrogens is 1. The van der Waals surface area contributed by atoms with Crippen LogP contribution in [0.1, 0.15) is 21.7 Å². The second kappa shape index (κ2) is 5.06. The summed E-state index contributed by atoms with van der Waals surface area (Å²) in [6, 6.07) is 8.42. The van der Waals surface area contributed by atoms with E-state index in [1.165, 1.54) is 24.3 Å². The molecule has 1 aromatic heterocycles. The van der Waals surface area contributed by atoms with E-state index in [2.05, 4.69) is 0 Å². The average Bonchev–Trinajstić information content (AvgIpc) is 2.70. The van der Waals surface area contributed by atoms with Crippen molar-refractivity contribution in [2.24, 2.45) is 7.05 Å². The predicted molar refractivity (Wildman–Crippen MR) is 66.6 cm³/mol. The van der Waals surface area contributed by atoms with E-state index < -0.39 is 11.8 Å². The van der Waals surface area contributed by atoms with Crippen molar-refractivity contribution in [1.82, 2.24) is 4.57 Å². The van der Waals surface area contributed by atoms with Gasteiger partial charge in [0.25, 0.3) is 0 Å². The molecule has 0 saturated carbocycles. The van der Waals surface area contributed by atoms with Gasteiger partial charge in [-0.2, -0.15) is 0 Å². The van der Waals surface area contributed by atoms with E-state index in [1.807, 2.05) is 0 Å². The van der Waals surface area contributed by atoms with Gasteiger partial charge in [-0.1, -0.05) is 0 Å². The van der Waals surface area contributed by atoms with Gasteiger partial charge in [0.1, 0.15) is 5.82 Å². The summed E-state index contributed by atoms with van der Waals surface area (Å²) >= 11 is 0. The topological polar surface area (TPSA) is 59.3 Å². The van der Waals surface area contributed by atoms with Gasteiger partial charge in [-0.15, -0.1) is 0 Å². The van der Waals surface area contributed by atoms with Crippen LogP contribution in [0.3, 0.4) is 0 Å². The summed E-state index contributed by atoms with van der Waals surface area (Å²) in [6.45, 7) is 0. The molecule has 2 aromatic rings. The molecule has 0 aliphatic heterocycles. The van der Waals surface area contributed by atoms with Gasteiger partial charge in [0.15, 0.2) is 0 Å². The fourth-order valence-electron chi connectivity index (χ4n) is 1.86. The molecule has 1 aromatic carbocycles. The van der Waals surface area contributed by atoms with Crippen LogP contribution in [0.25, 0.3) is 0 Å². The molecule has 0 saturated heterocycles. The summed E-state index contributed by atoms with van der Waals surface area (Å²) in [5, 5.41) is 8.75. The highest BCUT2D eigenvalue weighted by Crippen LogP contribution is 2.14. The molecule has 0 spiro atoms. The Morgan fingerprint density at radius 2 is 1.79 bits per heavy atom. The fraction of sp³-hybridized carbons (Fsp3) is 0.143. The lowest BCUT2D eigenvalue weighted by Gasteiger charge is -2.05. The van der Waals surface area contributed by atoms with Crippen LogP contribution in [0.5, 0.6) is 0 Å². The minimum Gasteiger partial charge on any atom is -0.481 e. The van der Waals surface area contributed by atoms with Crippen LogP contribution < -0.4 is 0 Å². The number of nitrogens with zero attached hydrogens (tertiary/aromatic N) is 1. The zero-order valence-electron chi connectivity index (χ0n) is 10.3. The number of carbonyl (C=O) groups excluding carboxylic acids is 1. The highest BCUT2D eigenvalue weighted by molar-refractivity contribution is 6.08. The minimum atomic E-state index is -0.956. The minimum absolute atomic E-state index is 0.146. The molecule has 0 aliphatic carbocycles. The van der Waals surface area contributed by atoms with Crippen molar-refractivity contribution < 1.29 is 19.1 Å². The Labute approximate surface area is 109 Å². The zero-order valence-corrected chi connectivity index (χ0v) is 10.3. The van der Waals surface area contributed by atoms with Crippen LogP contribution in [0, 0.1) is 5.82 Å². The van der Waals surface area contributed by atoms with Crippen molar-refractivity contribution >= 4 is 11.8 Å². The largest absolute Gasteiger partial charge is 0.481 e. The molecule has 5 heteroatoms. The summed E-state index contributed by atoms with van der Waals surface area (Å²) in [4.78, 5) is 22.9. The van der Waals surface area contributed by atoms with Crippen molar-refractivity contribution in [3.63, 3.8) is 0 Å². The van der Waals surface area contributed by atoms with Gasteiger partial charge in [-0.3, -0.25) is 9.59 Å². The van der Waals surface area contributed by atoms with Crippen LogP contribution in [0.2, 0.25) is 0 Å². The summed E-state index contributed by atoms with van der Waals surface area (Å²) in [5.74, 6) is -1.63. The quantitative estimate of drug-likeness (QED) is 0.856. The molecule has 1 heterocycles. The first kappa shape index (κ1) is 13.0. The SMILES string of the molecule is Cn1c(CC(=O)O)ccc1C(=O)c1ccc(F)cc1. The van der Waals surface area contributed by atoms with Crippen LogP contribution in [0.15, 0.2) is 36.4 Å². The number of benzene rings is 1. The smallest absolute Gasteiger partial charge is 0.309 e. The van der Waals surface area contributed by atoms with E-state index in [0.717, 1.165) is 0 Å². The van der Waals surface area contributed by atoms with Gasteiger partial charge in [-0.25, -0.2) is 4.39 Å². The zero-order chi connectivity index (χ0) is 14.0. The average molecular weight is 261 g/mol. The number of aliphatic carboxylic acids is 1. The predicted octanol–water partition coefficient (Wildman–Crippen LogP) is 2.02. The van der Waals surface area contributed by atoms with E-state index in [-0.39, 0.29) is 12.2 Å². The van der Waals surface area contributed by atoms with Gasteiger partial charge < -0.3 is 9.67 Å².